The Balaban J connectivity index is 2.83. The summed E-state index contributed by atoms with van der Waals surface area (Å²) in [5, 5.41) is 12.2. The summed E-state index contributed by atoms with van der Waals surface area (Å²) in [6.45, 7) is 3.30. The fraction of sp³-hybridized carbons (Fsp3) is 0.400. The zero-order valence-electron chi connectivity index (χ0n) is 12.3. The van der Waals surface area contributed by atoms with Crippen molar-refractivity contribution in [2.45, 2.75) is 19.4 Å². The number of urea groups is 1. The van der Waals surface area contributed by atoms with E-state index in [1.165, 1.54) is 24.1 Å². The summed E-state index contributed by atoms with van der Waals surface area (Å²) in [4.78, 5) is 13.3. The van der Waals surface area contributed by atoms with Crippen molar-refractivity contribution in [1.29, 1.82) is 0 Å². The Hall–Kier alpha value is -2.26. The van der Waals surface area contributed by atoms with Gasteiger partial charge in [0, 0.05) is 13.1 Å². The molecule has 0 heterocycles. The Bertz CT molecular complexity index is 547. The van der Waals surface area contributed by atoms with Crippen molar-refractivity contribution in [3.8, 4) is 18.1 Å². The molecule has 0 radical (unpaired) electrons. The Labute approximate surface area is 123 Å². The number of nitrogens with one attached hydrogen (secondary N) is 1. The van der Waals surface area contributed by atoms with Crippen LogP contribution >= 0.6 is 0 Å². The lowest BCUT2D eigenvalue weighted by Crippen LogP contribution is -2.41. The average Bonchev–Trinajstić information content (AvgIpc) is 2.35. The van der Waals surface area contributed by atoms with Crippen LogP contribution in [0, 0.1) is 18.2 Å². The second kappa shape index (κ2) is 6.95. The number of halogens is 1. The third kappa shape index (κ3) is 5.71. The Morgan fingerprint density at radius 1 is 1.57 bits per heavy atom. The molecule has 1 rings (SSSR count). The van der Waals surface area contributed by atoms with Gasteiger partial charge in [-0.15, -0.1) is 6.42 Å². The van der Waals surface area contributed by atoms with Crippen LogP contribution in [0.2, 0.25) is 0 Å². The highest BCUT2D eigenvalue weighted by atomic mass is 19.1. The highest BCUT2D eigenvalue weighted by Gasteiger charge is 2.20. The number of aliphatic hydroxyl groups is 1. The highest BCUT2D eigenvalue weighted by Crippen LogP contribution is 2.25. The number of rotatable bonds is 5. The molecule has 5 nitrogen and oxygen atoms in total. The number of ether oxygens (including phenoxy) is 1. The second-order valence-corrected chi connectivity index (χ2v) is 5.23. The first-order valence-corrected chi connectivity index (χ1v) is 6.33. The maximum atomic E-state index is 13.3. The van der Waals surface area contributed by atoms with Gasteiger partial charge in [-0.3, -0.25) is 0 Å². The molecule has 0 atom stereocenters. The average molecular weight is 294 g/mol. The van der Waals surface area contributed by atoms with Crippen molar-refractivity contribution in [1.82, 2.24) is 4.90 Å². The van der Waals surface area contributed by atoms with Crippen LogP contribution in [-0.4, -0.2) is 41.8 Å². The number of carbonyl (C=O) groups excluding carboxylic acids is 1. The summed E-state index contributed by atoms with van der Waals surface area (Å²) in [5.41, 5.74) is -0.852. The molecule has 2 N–H and O–H groups in total. The molecule has 1 aromatic rings. The molecular weight excluding hydrogens is 275 g/mol. The summed E-state index contributed by atoms with van der Waals surface area (Å²) >= 11 is 0. The van der Waals surface area contributed by atoms with E-state index in [1.54, 1.807) is 13.8 Å². The van der Waals surface area contributed by atoms with Gasteiger partial charge in [0.1, 0.15) is 18.2 Å². The summed E-state index contributed by atoms with van der Waals surface area (Å²) < 4.78 is 18.5. The lowest BCUT2D eigenvalue weighted by molar-refractivity contribution is 0.0550. The van der Waals surface area contributed by atoms with Crippen molar-refractivity contribution in [2.75, 3.05) is 25.5 Å². The van der Waals surface area contributed by atoms with E-state index in [9.17, 15) is 14.3 Å². The van der Waals surface area contributed by atoms with Gasteiger partial charge in [0.05, 0.1) is 17.8 Å². The number of carbonyl (C=O) groups is 1. The molecule has 0 saturated carbocycles. The van der Waals surface area contributed by atoms with Crippen LogP contribution in [0.25, 0.3) is 0 Å². The van der Waals surface area contributed by atoms with E-state index in [4.69, 9.17) is 11.2 Å². The molecule has 0 saturated heterocycles. The number of nitrogens with zero attached hydrogens (tertiary/aromatic N) is 1. The van der Waals surface area contributed by atoms with Gasteiger partial charge in [0.15, 0.2) is 0 Å². The number of likely N-dealkylation sites (N-methyl/N-ethyl adjacent to an activating group) is 1. The lowest BCUT2D eigenvalue weighted by atomic mass is 10.1. The molecular formula is C15H19FN2O3. The number of hydrogen-bond acceptors (Lipinski definition) is 3. The molecule has 1 aromatic carbocycles. The van der Waals surface area contributed by atoms with E-state index in [0.29, 0.717) is 0 Å². The number of amides is 2. The van der Waals surface area contributed by atoms with Gasteiger partial charge in [-0.25, -0.2) is 9.18 Å². The van der Waals surface area contributed by atoms with Crippen LogP contribution in [0.3, 0.4) is 0 Å². The van der Waals surface area contributed by atoms with Crippen molar-refractivity contribution >= 4 is 11.7 Å². The van der Waals surface area contributed by atoms with Gasteiger partial charge in [-0.1, -0.05) is 5.92 Å². The van der Waals surface area contributed by atoms with Crippen molar-refractivity contribution in [3.05, 3.63) is 24.0 Å². The van der Waals surface area contributed by atoms with E-state index in [0.717, 1.165) is 6.07 Å². The topological polar surface area (TPSA) is 61.8 Å². The maximum absolute atomic E-state index is 13.3. The lowest BCUT2D eigenvalue weighted by Gasteiger charge is -2.26. The quantitative estimate of drug-likeness (QED) is 0.817. The Morgan fingerprint density at radius 2 is 2.24 bits per heavy atom. The van der Waals surface area contributed by atoms with Crippen LogP contribution in [0.4, 0.5) is 14.9 Å². The van der Waals surface area contributed by atoms with E-state index in [2.05, 4.69) is 11.2 Å². The summed E-state index contributed by atoms with van der Waals surface area (Å²) in [7, 11) is 1.52. The van der Waals surface area contributed by atoms with E-state index < -0.39 is 17.4 Å². The van der Waals surface area contributed by atoms with Gasteiger partial charge in [0.2, 0.25) is 0 Å². The summed E-state index contributed by atoms with van der Waals surface area (Å²) in [5.74, 6) is 2.06. The molecule has 6 heteroatoms. The highest BCUT2D eigenvalue weighted by molar-refractivity contribution is 5.90. The first-order chi connectivity index (χ1) is 9.73. The zero-order valence-corrected chi connectivity index (χ0v) is 12.3. The first-order valence-electron chi connectivity index (χ1n) is 6.33. The second-order valence-electron chi connectivity index (χ2n) is 5.23. The standard InChI is InChI=1S/C15H19FN2O3/c1-5-8-21-13-7-6-11(16)9-12(13)17-14(19)18(4)10-15(2,3)20/h1,6-7,9,20H,8,10H2,2-4H3,(H,17,19). The Morgan fingerprint density at radius 3 is 2.81 bits per heavy atom. The largest absolute Gasteiger partial charge is 0.479 e. The number of hydrogen-bond donors (Lipinski definition) is 2. The van der Waals surface area contributed by atoms with Crippen LogP contribution in [0.15, 0.2) is 18.2 Å². The fourth-order valence-electron chi connectivity index (χ4n) is 1.71. The third-order valence-corrected chi connectivity index (χ3v) is 2.47. The predicted octanol–water partition coefficient (Wildman–Crippen LogP) is 2.07. The number of terminal acetylenes is 1. The molecule has 0 aliphatic rings. The summed E-state index contributed by atoms with van der Waals surface area (Å²) in [6.07, 6.45) is 5.10. The molecule has 2 amide bonds. The number of benzene rings is 1. The zero-order chi connectivity index (χ0) is 16.0. The molecule has 21 heavy (non-hydrogen) atoms. The van der Waals surface area contributed by atoms with Crippen molar-refractivity contribution in [2.24, 2.45) is 0 Å². The smallest absolute Gasteiger partial charge is 0.321 e. The molecule has 0 aliphatic carbocycles. The maximum Gasteiger partial charge on any atom is 0.321 e. The van der Waals surface area contributed by atoms with Gasteiger partial charge in [-0.2, -0.15) is 0 Å². The molecule has 0 aromatic heterocycles. The van der Waals surface area contributed by atoms with E-state index in [1.807, 2.05) is 0 Å². The van der Waals surface area contributed by atoms with Crippen LogP contribution in [0.5, 0.6) is 5.75 Å². The van der Waals surface area contributed by atoms with Gasteiger partial charge < -0.3 is 20.1 Å². The minimum atomic E-state index is -1.03. The van der Waals surface area contributed by atoms with E-state index >= 15 is 0 Å². The molecule has 114 valence electrons. The molecule has 0 fully saturated rings. The Kier molecular flexibility index (Phi) is 5.56. The van der Waals surface area contributed by atoms with Gasteiger partial charge in [-0.05, 0) is 26.0 Å². The number of anilines is 1. The van der Waals surface area contributed by atoms with Crippen LogP contribution in [-0.2, 0) is 0 Å². The van der Waals surface area contributed by atoms with E-state index in [-0.39, 0.29) is 24.6 Å². The minimum absolute atomic E-state index is 0.00795. The van der Waals surface area contributed by atoms with Crippen molar-refractivity contribution in [3.63, 3.8) is 0 Å². The summed E-state index contributed by atoms with van der Waals surface area (Å²) in [6, 6.07) is 3.25. The SMILES string of the molecule is C#CCOc1ccc(F)cc1NC(=O)N(C)CC(C)(C)O. The molecule has 0 spiro atoms. The van der Waals surface area contributed by atoms with Gasteiger partial charge in [0.25, 0.3) is 0 Å². The van der Waals surface area contributed by atoms with Crippen molar-refractivity contribution < 1.29 is 19.0 Å². The monoisotopic (exact) mass is 294 g/mol. The normalized spacial score (nSPS) is 10.7. The third-order valence-electron chi connectivity index (χ3n) is 2.47. The first kappa shape index (κ1) is 16.8. The predicted molar refractivity (Wildman–Crippen MR) is 78.7 cm³/mol. The fourth-order valence-corrected chi connectivity index (χ4v) is 1.71. The minimum Gasteiger partial charge on any atom is -0.479 e. The molecule has 0 aliphatic heterocycles. The van der Waals surface area contributed by atoms with Crippen LogP contribution < -0.4 is 10.1 Å². The van der Waals surface area contributed by atoms with Crippen LogP contribution in [0.1, 0.15) is 13.8 Å². The van der Waals surface area contributed by atoms with Gasteiger partial charge >= 0.3 is 6.03 Å². The molecule has 0 unspecified atom stereocenters. The molecule has 0 bridgehead atoms.